The van der Waals surface area contributed by atoms with Crippen molar-refractivity contribution in [3.8, 4) is 0 Å². The van der Waals surface area contributed by atoms with Crippen LogP contribution in [-0.4, -0.2) is 33.0 Å². The molecule has 0 saturated heterocycles. The molecular formula is C14H17ClN4OS. The third-order valence-electron chi connectivity index (χ3n) is 2.93. The van der Waals surface area contributed by atoms with Gasteiger partial charge in [-0.05, 0) is 24.0 Å². The molecule has 1 aromatic carbocycles. The molecule has 0 aliphatic heterocycles. The molecule has 0 aliphatic carbocycles. The van der Waals surface area contributed by atoms with E-state index in [1.165, 1.54) is 0 Å². The summed E-state index contributed by atoms with van der Waals surface area (Å²) in [7, 11) is 1.88. The molecule has 1 amide bonds. The lowest BCUT2D eigenvalue weighted by Gasteiger charge is -2.09. The number of halogens is 1. The average Bonchev–Trinajstić information content (AvgIpc) is 2.86. The van der Waals surface area contributed by atoms with Crippen LogP contribution in [-0.2, 0) is 13.5 Å². The maximum atomic E-state index is 12.3. The average molecular weight is 325 g/mol. The first-order valence-corrected chi connectivity index (χ1v) is 8.01. The molecule has 2 rings (SSSR count). The van der Waals surface area contributed by atoms with Crippen LogP contribution < -0.4 is 5.32 Å². The Morgan fingerprint density at radius 2 is 2.29 bits per heavy atom. The maximum Gasteiger partial charge on any atom is 0.252 e. The maximum absolute atomic E-state index is 12.3. The summed E-state index contributed by atoms with van der Waals surface area (Å²) in [5.74, 6) is 1.63. The second kappa shape index (κ2) is 7.47. The first-order valence-electron chi connectivity index (χ1n) is 6.65. The zero-order valence-electron chi connectivity index (χ0n) is 12.0. The summed E-state index contributed by atoms with van der Waals surface area (Å²) in [5.41, 5.74) is 0.618. The van der Waals surface area contributed by atoms with Crippen LogP contribution in [0.1, 0.15) is 23.1 Å². The van der Waals surface area contributed by atoms with Crippen molar-refractivity contribution in [2.24, 2.45) is 7.05 Å². The number of nitrogens with zero attached hydrogens (tertiary/aromatic N) is 3. The van der Waals surface area contributed by atoms with E-state index in [1.54, 1.807) is 30.2 Å². The Morgan fingerprint density at radius 1 is 1.48 bits per heavy atom. The quantitative estimate of drug-likeness (QED) is 0.830. The summed E-state index contributed by atoms with van der Waals surface area (Å²) >= 11 is 7.61. The Hall–Kier alpha value is -1.53. The Morgan fingerprint density at radius 3 is 2.95 bits per heavy atom. The number of aromatic nitrogens is 3. The number of aryl methyl sites for hydroxylation is 1. The molecule has 0 saturated carbocycles. The van der Waals surface area contributed by atoms with Gasteiger partial charge in [0.2, 0.25) is 0 Å². The molecule has 5 nitrogen and oxygen atoms in total. The Kier molecular flexibility index (Phi) is 5.64. The summed E-state index contributed by atoms with van der Waals surface area (Å²) in [6.45, 7) is 2.56. The van der Waals surface area contributed by atoms with Crippen LogP contribution in [0.5, 0.6) is 0 Å². The molecule has 0 bridgehead atoms. The van der Waals surface area contributed by atoms with Crippen LogP contribution >= 0.6 is 23.4 Å². The van der Waals surface area contributed by atoms with Crippen molar-refractivity contribution in [3.05, 3.63) is 40.9 Å². The smallest absolute Gasteiger partial charge is 0.252 e. The molecule has 1 N–H and O–H groups in total. The van der Waals surface area contributed by atoms with Crippen molar-refractivity contribution >= 4 is 29.3 Å². The molecule has 112 valence electrons. The van der Waals surface area contributed by atoms with Gasteiger partial charge in [0.25, 0.3) is 5.91 Å². The van der Waals surface area contributed by atoms with Crippen molar-refractivity contribution < 1.29 is 4.79 Å². The number of amides is 1. The van der Waals surface area contributed by atoms with Crippen molar-refractivity contribution in [1.29, 1.82) is 0 Å². The van der Waals surface area contributed by atoms with Gasteiger partial charge in [0, 0.05) is 29.9 Å². The summed E-state index contributed by atoms with van der Waals surface area (Å²) in [6, 6.07) is 5.39. The second-order valence-corrected chi connectivity index (χ2v) is 6.18. The number of rotatable bonds is 6. The zero-order valence-corrected chi connectivity index (χ0v) is 13.5. The highest BCUT2D eigenvalue weighted by Gasteiger charge is 2.12. The number of carbonyl (C=O) groups is 1. The number of thioether (sulfide) groups is 1. The van der Waals surface area contributed by atoms with Gasteiger partial charge >= 0.3 is 0 Å². The van der Waals surface area contributed by atoms with Gasteiger partial charge in [-0.15, -0.1) is 22.0 Å². The normalized spacial score (nSPS) is 10.6. The lowest BCUT2D eigenvalue weighted by molar-refractivity contribution is 0.0951. The minimum atomic E-state index is -0.115. The van der Waals surface area contributed by atoms with Crippen LogP contribution in [0.4, 0.5) is 0 Å². The number of nitrogens with one attached hydrogen (secondary N) is 1. The molecule has 0 atom stereocenters. The lowest BCUT2D eigenvalue weighted by atomic mass is 10.2. The number of benzene rings is 1. The van der Waals surface area contributed by atoms with Gasteiger partial charge in [0.15, 0.2) is 0 Å². The van der Waals surface area contributed by atoms with Crippen molar-refractivity contribution in [1.82, 2.24) is 20.1 Å². The van der Waals surface area contributed by atoms with Gasteiger partial charge in [-0.3, -0.25) is 4.79 Å². The number of hydrogen-bond acceptors (Lipinski definition) is 4. The van der Waals surface area contributed by atoms with Crippen LogP contribution in [0.25, 0.3) is 0 Å². The molecule has 0 fully saturated rings. The fourth-order valence-corrected chi connectivity index (χ4v) is 2.83. The van der Waals surface area contributed by atoms with E-state index in [9.17, 15) is 4.79 Å². The molecule has 1 aromatic heterocycles. The zero-order chi connectivity index (χ0) is 15.2. The first-order chi connectivity index (χ1) is 10.1. The fourth-order valence-electron chi connectivity index (χ4n) is 1.88. The highest BCUT2D eigenvalue weighted by atomic mass is 35.5. The molecule has 1 heterocycles. The molecule has 0 radical (unpaired) electrons. The van der Waals surface area contributed by atoms with Crippen LogP contribution in [0.2, 0.25) is 5.02 Å². The van der Waals surface area contributed by atoms with E-state index in [4.69, 9.17) is 11.6 Å². The van der Waals surface area contributed by atoms with E-state index in [1.807, 2.05) is 17.7 Å². The predicted octanol–water partition coefficient (Wildman–Crippen LogP) is 2.55. The lowest BCUT2D eigenvalue weighted by Crippen LogP contribution is -2.26. The first kappa shape index (κ1) is 15.9. The third kappa shape index (κ3) is 4.22. The van der Waals surface area contributed by atoms with Crippen molar-refractivity contribution in [2.45, 2.75) is 18.2 Å². The van der Waals surface area contributed by atoms with E-state index in [0.29, 0.717) is 23.6 Å². The molecule has 0 unspecified atom stereocenters. The molecule has 0 spiro atoms. The van der Waals surface area contributed by atoms with Gasteiger partial charge in [0.05, 0.1) is 5.56 Å². The Bertz CT molecular complexity index is 629. The largest absolute Gasteiger partial charge is 0.352 e. The molecule has 0 aliphatic rings. The van der Waals surface area contributed by atoms with E-state index in [2.05, 4.69) is 22.4 Å². The molecular weight excluding hydrogens is 308 g/mol. The number of carbonyl (C=O) groups excluding carboxylic acids is 1. The van der Waals surface area contributed by atoms with E-state index in [0.717, 1.165) is 16.5 Å². The Labute approximate surface area is 133 Å². The fraction of sp³-hybridized carbons (Fsp3) is 0.357. The van der Waals surface area contributed by atoms with Crippen molar-refractivity contribution in [2.75, 3.05) is 12.3 Å². The monoisotopic (exact) mass is 324 g/mol. The minimum Gasteiger partial charge on any atom is -0.352 e. The summed E-state index contributed by atoms with van der Waals surface area (Å²) in [6.07, 6.45) is 2.28. The second-order valence-electron chi connectivity index (χ2n) is 4.44. The summed E-state index contributed by atoms with van der Waals surface area (Å²) in [5, 5.41) is 11.3. The van der Waals surface area contributed by atoms with Gasteiger partial charge in [0.1, 0.15) is 12.2 Å². The summed E-state index contributed by atoms with van der Waals surface area (Å²) < 4.78 is 1.84. The predicted molar refractivity (Wildman–Crippen MR) is 84.9 cm³/mol. The highest BCUT2D eigenvalue weighted by Crippen LogP contribution is 2.25. The van der Waals surface area contributed by atoms with Crippen molar-refractivity contribution in [3.63, 3.8) is 0 Å². The van der Waals surface area contributed by atoms with Gasteiger partial charge in [-0.25, -0.2) is 0 Å². The van der Waals surface area contributed by atoms with E-state index in [-0.39, 0.29) is 5.91 Å². The topological polar surface area (TPSA) is 59.8 Å². The standard InChI is InChI=1S/C14H17ClN4OS/c1-3-21-12-5-4-10(15)8-11(12)14(20)16-7-6-13-18-17-9-19(13)2/h4-5,8-9H,3,6-7H2,1-2H3,(H,16,20). The van der Waals surface area contributed by atoms with Gasteiger partial charge < -0.3 is 9.88 Å². The highest BCUT2D eigenvalue weighted by molar-refractivity contribution is 7.99. The molecule has 7 heteroatoms. The summed E-state index contributed by atoms with van der Waals surface area (Å²) in [4.78, 5) is 13.2. The minimum absolute atomic E-state index is 0.115. The van der Waals surface area contributed by atoms with Gasteiger partial charge in [-0.1, -0.05) is 18.5 Å². The van der Waals surface area contributed by atoms with Crippen LogP contribution in [0.3, 0.4) is 0 Å². The van der Waals surface area contributed by atoms with E-state index < -0.39 is 0 Å². The van der Waals surface area contributed by atoms with Crippen LogP contribution in [0.15, 0.2) is 29.4 Å². The molecule has 21 heavy (non-hydrogen) atoms. The van der Waals surface area contributed by atoms with E-state index >= 15 is 0 Å². The van der Waals surface area contributed by atoms with Gasteiger partial charge in [-0.2, -0.15) is 0 Å². The Balaban J connectivity index is 1.99. The SMILES string of the molecule is CCSc1ccc(Cl)cc1C(=O)NCCc1nncn1C. The number of hydrogen-bond donors (Lipinski definition) is 1. The van der Waals surface area contributed by atoms with Crippen LogP contribution in [0, 0.1) is 0 Å². The third-order valence-corrected chi connectivity index (χ3v) is 4.12. The molecule has 2 aromatic rings.